The first kappa shape index (κ1) is 16.1. The van der Waals surface area contributed by atoms with Crippen molar-refractivity contribution in [1.82, 2.24) is 4.31 Å². The normalized spacial score (nSPS) is 12.9. The molecule has 1 rings (SSSR count). The lowest BCUT2D eigenvalue weighted by Crippen LogP contribution is -2.44. The van der Waals surface area contributed by atoms with E-state index in [-0.39, 0.29) is 11.3 Å². The number of nitrogens with zero attached hydrogens (tertiary/aromatic N) is 1. The topological polar surface area (TPSA) is 63.4 Å². The van der Waals surface area contributed by atoms with Crippen molar-refractivity contribution in [2.75, 3.05) is 7.05 Å². The summed E-state index contributed by atoms with van der Waals surface area (Å²) in [5.74, 6) is 0.0256. The minimum atomic E-state index is -3.30. The van der Waals surface area contributed by atoms with Gasteiger partial charge in [-0.05, 0) is 31.4 Å². The Balaban J connectivity index is 2.90. The van der Waals surface area contributed by atoms with Crippen LogP contribution in [-0.2, 0) is 22.3 Å². The molecule has 108 valence electrons. The number of hydrogen-bond donors (Lipinski definition) is 1. The third-order valence-electron chi connectivity index (χ3n) is 3.74. The molecular formula is C14H24N2O2S. The highest BCUT2D eigenvalue weighted by Crippen LogP contribution is 2.22. The zero-order valence-electron chi connectivity index (χ0n) is 12.2. The van der Waals surface area contributed by atoms with Gasteiger partial charge >= 0.3 is 0 Å². The predicted octanol–water partition coefficient (Wildman–Crippen LogP) is 2.10. The van der Waals surface area contributed by atoms with E-state index in [1.54, 1.807) is 7.05 Å². The summed E-state index contributed by atoms with van der Waals surface area (Å²) in [5, 5.41) is 0. The van der Waals surface area contributed by atoms with Crippen molar-refractivity contribution in [3.05, 3.63) is 35.4 Å². The van der Waals surface area contributed by atoms with E-state index in [2.05, 4.69) is 0 Å². The van der Waals surface area contributed by atoms with Crippen molar-refractivity contribution in [1.29, 1.82) is 0 Å². The maximum atomic E-state index is 12.4. The van der Waals surface area contributed by atoms with E-state index in [1.807, 2.05) is 45.0 Å². The molecule has 0 aromatic heterocycles. The van der Waals surface area contributed by atoms with E-state index < -0.39 is 10.0 Å². The number of nitrogens with two attached hydrogens (primary N) is 1. The van der Waals surface area contributed by atoms with E-state index in [0.29, 0.717) is 6.54 Å². The minimum absolute atomic E-state index is 0.0256. The van der Waals surface area contributed by atoms with Crippen molar-refractivity contribution < 1.29 is 8.42 Å². The van der Waals surface area contributed by atoms with Crippen LogP contribution in [-0.4, -0.2) is 25.3 Å². The third kappa shape index (κ3) is 4.03. The van der Waals surface area contributed by atoms with Crippen LogP contribution in [0.15, 0.2) is 24.3 Å². The van der Waals surface area contributed by atoms with Gasteiger partial charge in [0, 0.05) is 19.1 Å². The average Bonchev–Trinajstić information content (AvgIpc) is 2.38. The fourth-order valence-electron chi connectivity index (χ4n) is 1.68. The quantitative estimate of drug-likeness (QED) is 0.870. The Morgan fingerprint density at radius 1 is 1.16 bits per heavy atom. The lowest BCUT2D eigenvalue weighted by atomic mass is 10.0. The minimum Gasteiger partial charge on any atom is -0.326 e. The molecule has 0 spiro atoms. The van der Waals surface area contributed by atoms with Crippen LogP contribution in [0.1, 0.15) is 38.3 Å². The summed E-state index contributed by atoms with van der Waals surface area (Å²) in [5.41, 5.74) is 6.95. The van der Waals surface area contributed by atoms with Gasteiger partial charge in [0.2, 0.25) is 10.0 Å². The predicted molar refractivity (Wildman–Crippen MR) is 79.1 cm³/mol. The van der Waals surface area contributed by atoms with Crippen molar-refractivity contribution in [3.8, 4) is 0 Å². The Labute approximate surface area is 116 Å². The van der Waals surface area contributed by atoms with Gasteiger partial charge in [0.1, 0.15) is 0 Å². The van der Waals surface area contributed by atoms with Crippen molar-refractivity contribution >= 4 is 10.0 Å². The fraction of sp³-hybridized carbons (Fsp3) is 0.571. The van der Waals surface area contributed by atoms with Gasteiger partial charge in [-0.25, -0.2) is 8.42 Å². The Bertz CT molecular complexity index is 507. The summed E-state index contributed by atoms with van der Waals surface area (Å²) in [4.78, 5) is 0. The number of hydrogen-bond acceptors (Lipinski definition) is 3. The highest BCUT2D eigenvalue weighted by Gasteiger charge is 2.31. The molecule has 0 radical (unpaired) electrons. The highest BCUT2D eigenvalue weighted by molar-refractivity contribution is 7.88. The first-order valence-electron chi connectivity index (χ1n) is 6.47. The molecule has 0 aliphatic heterocycles. The van der Waals surface area contributed by atoms with Gasteiger partial charge in [-0.15, -0.1) is 0 Å². The molecule has 0 bridgehead atoms. The highest BCUT2D eigenvalue weighted by atomic mass is 32.2. The Hall–Kier alpha value is -0.910. The largest absolute Gasteiger partial charge is 0.326 e. The Morgan fingerprint density at radius 3 is 2.05 bits per heavy atom. The molecule has 0 aliphatic rings. The monoisotopic (exact) mass is 284 g/mol. The molecule has 2 N–H and O–H groups in total. The van der Waals surface area contributed by atoms with Gasteiger partial charge in [0.25, 0.3) is 0 Å². The standard InChI is InChI=1S/C14H24N2O2S/c1-5-14(2,3)16(4)19(17,18)11-13-8-6-12(10-15)7-9-13/h6-9H,5,10-11,15H2,1-4H3. The average molecular weight is 284 g/mol. The van der Waals surface area contributed by atoms with Crippen molar-refractivity contribution in [2.24, 2.45) is 5.73 Å². The summed E-state index contributed by atoms with van der Waals surface area (Å²) >= 11 is 0. The van der Waals surface area contributed by atoms with Gasteiger partial charge in [-0.2, -0.15) is 4.31 Å². The van der Waals surface area contributed by atoms with E-state index in [0.717, 1.165) is 17.5 Å². The van der Waals surface area contributed by atoms with E-state index >= 15 is 0 Å². The van der Waals surface area contributed by atoms with Gasteiger partial charge in [-0.3, -0.25) is 0 Å². The molecule has 0 saturated carbocycles. The molecule has 19 heavy (non-hydrogen) atoms. The number of rotatable bonds is 6. The lowest BCUT2D eigenvalue weighted by Gasteiger charge is -2.33. The number of benzene rings is 1. The van der Waals surface area contributed by atoms with E-state index in [4.69, 9.17) is 5.73 Å². The maximum Gasteiger partial charge on any atom is 0.218 e. The number of sulfonamides is 1. The summed E-state index contributed by atoms with van der Waals surface area (Å²) in [6, 6.07) is 7.39. The molecular weight excluding hydrogens is 260 g/mol. The van der Waals surface area contributed by atoms with Crippen LogP contribution in [0.2, 0.25) is 0 Å². The van der Waals surface area contributed by atoms with Gasteiger partial charge < -0.3 is 5.73 Å². The fourth-order valence-corrected chi connectivity index (χ4v) is 3.37. The van der Waals surface area contributed by atoms with Crippen molar-refractivity contribution in [2.45, 2.75) is 45.0 Å². The SMILES string of the molecule is CCC(C)(C)N(C)S(=O)(=O)Cc1ccc(CN)cc1. The van der Waals surface area contributed by atoms with Gasteiger partial charge in [-0.1, -0.05) is 31.2 Å². The second-order valence-electron chi connectivity index (χ2n) is 5.41. The molecule has 1 aromatic carbocycles. The van der Waals surface area contributed by atoms with Gasteiger partial charge in [0.15, 0.2) is 0 Å². The maximum absolute atomic E-state index is 12.4. The van der Waals surface area contributed by atoms with Crippen molar-refractivity contribution in [3.63, 3.8) is 0 Å². The van der Waals surface area contributed by atoms with E-state index in [9.17, 15) is 8.42 Å². The zero-order valence-corrected chi connectivity index (χ0v) is 13.0. The molecule has 5 heteroatoms. The molecule has 0 fully saturated rings. The molecule has 0 amide bonds. The smallest absolute Gasteiger partial charge is 0.218 e. The molecule has 0 aliphatic carbocycles. The lowest BCUT2D eigenvalue weighted by molar-refractivity contribution is 0.257. The Kier molecular flexibility index (Phi) is 5.12. The van der Waals surface area contributed by atoms with Crippen LogP contribution in [0.4, 0.5) is 0 Å². The third-order valence-corrected chi connectivity index (χ3v) is 5.77. The van der Waals surface area contributed by atoms with Crippen LogP contribution in [0.25, 0.3) is 0 Å². The molecule has 0 unspecified atom stereocenters. The summed E-state index contributed by atoms with van der Waals surface area (Å²) in [6.07, 6.45) is 0.773. The van der Waals surface area contributed by atoms with Crippen LogP contribution in [0, 0.1) is 0 Å². The molecule has 0 heterocycles. The van der Waals surface area contributed by atoms with Crippen LogP contribution in [0.5, 0.6) is 0 Å². The molecule has 0 saturated heterocycles. The first-order chi connectivity index (χ1) is 8.73. The first-order valence-corrected chi connectivity index (χ1v) is 8.08. The molecule has 0 atom stereocenters. The zero-order chi connectivity index (χ0) is 14.7. The van der Waals surface area contributed by atoms with Crippen LogP contribution >= 0.6 is 0 Å². The van der Waals surface area contributed by atoms with Gasteiger partial charge in [0.05, 0.1) is 5.75 Å². The molecule has 4 nitrogen and oxygen atoms in total. The molecule has 1 aromatic rings. The summed E-state index contributed by atoms with van der Waals surface area (Å²) in [6.45, 7) is 6.32. The second-order valence-corrected chi connectivity index (χ2v) is 7.41. The summed E-state index contributed by atoms with van der Waals surface area (Å²) in [7, 11) is -1.65. The second kappa shape index (κ2) is 6.03. The van der Waals surface area contributed by atoms with Crippen LogP contribution < -0.4 is 5.73 Å². The van der Waals surface area contributed by atoms with Crippen LogP contribution in [0.3, 0.4) is 0 Å². The summed E-state index contributed by atoms with van der Waals surface area (Å²) < 4.78 is 26.2. The van der Waals surface area contributed by atoms with E-state index in [1.165, 1.54) is 4.31 Å². The Morgan fingerprint density at radius 2 is 1.63 bits per heavy atom.